The van der Waals surface area contributed by atoms with Gasteiger partial charge >= 0.3 is 0 Å². The van der Waals surface area contributed by atoms with E-state index in [4.69, 9.17) is 5.73 Å². The zero-order chi connectivity index (χ0) is 19.2. The average molecular weight is 404 g/mol. The molecule has 1 aliphatic heterocycles. The molecule has 1 saturated heterocycles. The molecule has 0 radical (unpaired) electrons. The fraction of sp³-hybridized carbons (Fsp3) is 0.455. The summed E-state index contributed by atoms with van der Waals surface area (Å²) in [5.41, 5.74) is 6.47. The molecule has 3 rings (SSSR count). The summed E-state index contributed by atoms with van der Waals surface area (Å²) in [6.07, 6.45) is 3.36. The lowest BCUT2D eigenvalue weighted by Gasteiger charge is -2.37. The summed E-state index contributed by atoms with van der Waals surface area (Å²) in [7, 11) is 0. The van der Waals surface area contributed by atoms with Crippen LogP contribution in [0.1, 0.15) is 44.1 Å². The molecule has 1 heterocycles. The zero-order valence-corrected chi connectivity index (χ0v) is 17.2. The third-order valence-corrected chi connectivity index (χ3v) is 5.46. The molecule has 0 aromatic heterocycles. The Morgan fingerprint density at radius 3 is 2.68 bits per heavy atom. The van der Waals surface area contributed by atoms with Gasteiger partial charge in [-0.2, -0.15) is 0 Å². The minimum absolute atomic E-state index is 0. The third-order valence-electron chi connectivity index (χ3n) is 5.46. The summed E-state index contributed by atoms with van der Waals surface area (Å²) in [5, 5.41) is 5.26. The van der Waals surface area contributed by atoms with E-state index in [9.17, 15) is 9.59 Å². The molecular weight excluding hydrogens is 374 g/mol. The van der Waals surface area contributed by atoms with Gasteiger partial charge in [0.05, 0.1) is 5.92 Å². The number of nitrogens with one attached hydrogen (secondary N) is 1. The molecule has 2 aromatic carbocycles. The SMILES string of the molecule is CC(C(=O)N1CCCCC1CNC(=O)CCN)c1ccc2ccccc2c1.Cl. The standard InChI is InChI=1S/C22H29N3O2.ClH/c1-16(18-10-9-17-6-2-3-7-19(17)14-18)22(27)25-13-5-4-8-20(25)15-24-21(26)11-12-23;/h2-3,6-7,9-10,14,16,20H,4-5,8,11-13,15,23H2,1H3,(H,24,26);1H. The van der Waals surface area contributed by atoms with Crippen molar-refractivity contribution in [2.24, 2.45) is 5.73 Å². The van der Waals surface area contributed by atoms with Crippen molar-refractivity contribution in [1.29, 1.82) is 0 Å². The van der Waals surface area contributed by atoms with Crippen LogP contribution in [0.2, 0.25) is 0 Å². The molecule has 0 aliphatic carbocycles. The highest BCUT2D eigenvalue weighted by Crippen LogP contribution is 2.26. The molecule has 6 heteroatoms. The maximum absolute atomic E-state index is 13.2. The molecule has 0 spiro atoms. The third kappa shape index (κ3) is 5.24. The molecule has 1 fully saturated rings. The van der Waals surface area contributed by atoms with E-state index in [1.54, 1.807) is 0 Å². The number of rotatable bonds is 6. The molecule has 3 N–H and O–H groups in total. The van der Waals surface area contributed by atoms with Gasteiger partial charge in [-0.1, -0.05) is 42.5 Å². The van der Waals surface area contributed by atoms with E-state index in [0.717, 1.165) is 36.8 Å². The highest BCUT2D eigenvalue weighted by atomic mass is 35.5. The number of fused-ring (bicyclic) bond motifs is 1. The smallest absolute Gasteiger partial charge is 0.230 e. The van der Waals surface area contributed by atoms with Crippen LogP contribution in [-0.4, -0.2) is 42.4 Å². The number of hydrogen-bond acceptors (Lipinski definition) is 3. The first-order valence-electron chi connectivity index (χ1n) is 9.86. The van der Waals surface area contributed by atoms with E-state index in [1.807, 2.05) is 30.0 Å². The van der Waals surface area contributed by atoms with E-state index < -0.39 is 0 Å². The first kappa shape index (κ1) is 22.2. The van der Waals surface area contributed by atoms with Crippen molar-refractivity contribution in [2.45, 2.75) is 44.6 Å². The van der Waals surface area contributed by atoms with E-state index in [1.165, 1.54) is 5.39 Å². The first-order valence-corrected chi connectivity index (χ1v) is 9.86. The average Bonchev–Trinajstić information content (AvgIpc) is 2.71. The number of carbonyl (C=O) groups is 2. The van der Waals surface area contributed by atoms with Gasteiger partial charge in [0.15, 0.2) is 0 Å². The van der Waals surface area contributed by atoms with Crippen LogP contribution in [0.15, 0.2) is 42.5 Å². The van der Waals surface area contributed by atoms with Crippen molar-refractivity contribution in [1.82, 2.24) is 10.2 Å². The maximum atomic E-state index is 13.2. The van der Waals surface area contributed by atoms with Gasteiger partial charge in [0.1, 0.15) is 0 Å². The molecule has 5 nitrogen and oxygen atoms in total. The molecule has 2 unspecified atom stereocenters. The Labute approximate surface area is 173 Å². The number of hydrogen-bond donors (Lipinski definition) is 2. The summed E-state index contributed by atoms with van der Waals surface area (Å²) >= 11 is 0. The van der Waals surface area contributed by atoms with Crippen LogP contribution in [0.3, 0.4) is 0 Å². The number of benzene rings is 2. The van der Waals surface area contributed by atoms with Crippen molar-refractivity contribution >= 4 is 35.0 Å². The molecule has 0 saturated carbocycles. The van der Waals surface area contributed by atoms with Gasteiger partial charge in [0, 0.05) is 32.1 Å². The van der Waals surface area contributed by atoms with E-state index in [2.05, 4.69) is 29.6 Å². The van der Waals surface area contributed by atoms with E-state index in [0.29, 0.717) is 19.5 Å². The Kier molecular flexibility index (Phi) is 8.27. The van der Waals surface area contributed by atoms with Gasteiger partial charge in [-0.25, -0.2) is 0 Å². The van der Waals surface area contributed by atoms with E-state index >= 15 is 0 Å². The minimum atomic E-state index is -0.199. The molecule has 152 valence electrons. The molecule has 28 heavy (non-hydrogen) atoms. The van der Waals surface area contributed by atoms with Crippen molar-refractivity contribution in [3.63, 3.8) is 0 Å². The van der Waals surface area contributed by atoms with Crippen LogP contribution >= 0.6 is 12.4 Å². The molecule has 2 amide bonds. The molecular formula is C22H30ClN3O2. The van der Waals surface area contributed by atoms with Crippen molar-refractivity contribution in [3.8, 4) is 0 Å². The van der Waals surface area contributed by atoms with Crippen molar-refractivity contribution in [3.05, 3.63) is 48.0 Å². The highest BCUT2D eigenvalue weighted by Gasteiger charge is 2.30. The number of nitrogens with two attached hydrogens (primary N) is 1. The van der Waals surface area contributed by atoms with Crippen molar-refractivity contribution in [2.75, 3.05) is 19.6 Å². The monoisotopic (exact) mass is 403 g/mol. The summed E-state index contributed by atoms with van der Waals surface area (Å²) in [6, 6.07) is 14.5. The van der Waals surface area contributed by atoms with Gasteiger partial charge in [-0.3, -0.25) is 9.59 Å². The van der Waals surface area contributed by atoms with Gasteiger partial charge in [0.25, 0.3) is 0 Å². The number of likely N-dealkylation sites (tertiary alicyclic amines) is 1. The molecule has 0 bridgehead atoms. The fourth-order valence-electron chi connectivity index (χ4n) is 3.82. The van der Waals surface area contributed by atoms with Gasteiger partial charge in [0.2, 0.25) is 11.8 Å². The fourth-order valence-corrected chi connectivity index (χ4v) is 3.82. The van der Waals surface area contributed by atoms with Crippen LogP contribution in [0.5, 0.6) is 0 Å². The number of amides is 2. The summed E-state index contributed by atoms with van der Waals surface area (Å²) in [5.74, 6) is -0.101. The van der Waals surface area contributed by atoms with Gasteiger partial charge < -0.3 is 16.0 Å². The van der Waals surface area contributed by atoms with Crippen LogP contribution in [-0.2, 0) is 9.59 Å². The number of nitrogens with zero attached hydrogens (tertiary/aromatic N) is 1. The van der Waals surface area contributed by atoms with Gasteiger partial charge in [-0.15, -0.1) is 12.4 Å². The number of halogens is 1. The lowest BCUT2D eigenvalue weighted by Crippen LogP contribution is -2.50. The Bertz CT molecular complexity index is 811. The van der Waals surface area contributed by atoms with Crippen LogP contribution in [0.25, 0.3) is 10.8 Å². The second-order valence-electron chi connectivity index (χ2n) is 7.35. The molecule has 2 atom stereocenters. The Balaban J connectivity index is 0.00000280. The van der Waals surface area contributed by atoms with Crippen molar-refractivity contribution < 1.29 is 9.59 Å². The van der Waals surface area contributed by atoms with Crippen LogP contribution < -0.4 is 11.1 Å². The Morgan fingerprint density at radius 1 is 1.18 bits per heavy atom. The number of piperidine rings is 1. The van der Waals surface area contributed by atoms with Crippen LogP contribution in [0, 0.1) is 0 Å². The largest absolute Gasteiger partial charge is 0.354 e. The minimum Gasteiger partial charge on any atom is -0.354 e. The summed E-state index contributed by atoms with van der Waals surface area (Å²) in [6.45, 7) is 3.59. The normalized spacial score (nSPS) is 17.6. The second kappa shape index (κ2) is 10.4. The Hall–Kier alpha value is -2.11. The Morgan fingerprint density at radius 2 is 1.93 bits per heavy atom. The maximum Gasteiger partial charge on any atom is 0.230 e. The zero-order valence-electron chi connectivity index (χ0n) is 16.4. The van der Waals surface area contributed by atoms with Gasteiger partial charge in [-0.05, 0) is 42.5 Å². The predicted octanol–water partition coefficient (Wildman–Crippen LogP) is 3.21. The summed E-state index contributed by atoms with van der Waals surface area (Å²) in [4.78, 5) is 26.9. The lowest BCUT2D eigenvalue weighted by atomic mass is 9.94. The van der Waals surface area contributed by atoms with E-state index in [-0.39, 0.29) is 36.2 Å². The predicted molar refractivity (Wildman–Crippen MR) is 116 cm³/mol. The quantitative estimate of drug-likeness (QED) is 0.777. The molecule has 2 aromatic rings. The topological polar surface area (TPSA) is 75.4 Å². The first-order chi connectivity index (χ1) is 13.1. The molecule has 1 aliphatic rings. The second-order valence-corrected chi connectivity index (χ2v) is 7.35. The summed E-state index contributed by atoms with van der Waals surface area (Å²) < 4.78 is 0. The number of carbonyl (C=O) groups excluding carboxylic acids is 2. The lowest BCUT2D eigenvalue weighted by molar-refractivity contribution is -0.136. The van der Waals surface area contributed by atoms with Crippen LogP contribution in [0.4, 0.5) is 0 Å². The highest BCUT2D eigenvalue weighted by molar-refractivity contribution is 5.88.